The minimum Gasteiger partial charge on any atom is -0.534 e. The van der Waals surface area contributed by atoms with E-state index in [2.05, 4.69) is 19.2 Å². The van der Waals surface area contributed by atoms with Gasteiger partial charge in [0.1, 0.15) is 11.3 Å². The summed E-state index contributed by atoms with van der Waals surface area (Å²) in [6.07, 6.45) is 3.15. The molecule has 31 heavy (non-hydrogen) atoms. The van der Waals surface area contributed by atoms with Crippen LogP contribution in [0, 0.1) is 5.92 Å². The summed E-state index contributed by atoms with van der Waals surface area (Å²) in [7, 11) is -1.29. The molecule has 1 heterocycles. The maximum atomic E-state index is 12.4. The molecule has 1 unspecified atom stereocenters. The van der Waals surface area contributed by atoms with Gasteiger partial charge in [0.25, 0.3) is 0 Å². The van der Waals surface area contributed by atoms with Crippen LogP contribution < -0.4 is 9.97 Å². The second-order valence-corrected chi connectivity index (χ2v) is 7.27. The zero-order valence-electron chi connectivity index (χ0n) is 19.1. The summed E-state index contributed by atoms with van der Waals surface area (Å²) in [5.74, 6) is -1.96. The molecular formula is C22H34BNO7. The monoisotopic (exact) mass is 435 g/mol. The predicted molar refractivity (Wildman–Crippen MR) is 117 cm³/mol. The van der Waals surface area contributed by atoms with Crippen molar-refractivity contribution in [2.45, 2.75) is 72.7 Å². The van der Waals surface area contributed by atoms with Gasteiger partial charge in [-0.15, -0.1) is 0 Å². The average molecular weight is 435 g/mol. The second kappa shape index (κ2) is 13.7. The van der Waals surface area contributed by atoms with E-state index in [1.54, 1.807) is 19.1 Å². The van der Waals surface area contributed by atoms with Crippen LogP contribution in [-0.4, -0.2) is 42.7 Å². The van der Waals surface area contributed by atoms with Crippen molar-refractivity contribution in [2.75, 3.05) is 6.79 Å². The van der Waals surface area contributed by atoms with E-state index >= 15 is 0 Å². The number of benzene rings is 1. The maximum Gasteiger partial charge on any atom is 0.547 e. The van der Waals surface area contributed by atoms with Crippen molar-refractivity contribution in [3.05, 3.63) is 29.3 Å². The molecule has 9 heteroatoms. The van der Waals surface area contributed by atoms with Gasteiger partial charge in [0, 0.05) is 6.42 Å². The summed E-state index contributed by atoms with van der Waals surface area (Å²) in [5.41, 5.74) is 0.783. The topological polar surface area (TPSA) is 111 Å². The molecule has 8 nitrogen and oxygen atoms in total. The number of esters is 2. The van der Waals surface area contributed by atoms with Crippen LogP contribution in [-0.2, 0) is 25.5 Å². The highest BCUT2D eigenvalue weighted by Crippen LogP contribution is 2.30. The molecule has 0 saturated carbocycles. The van der Waals surface area contributed by atoms with Crippen molar-refractivity contribution < 1.29 is 33.5 Å². The summed E-state index contributed by atoms with van der Waals surface area (Å²) in [4.78, 5) is 35.8. The van der Waals surface area contributed by atoms with Crippen molar-refractivity contribution in [3.63, 3.8) is 0 Å². The molecule has 0 aromatic heterocycles. The lowest BCUT2D eigenvalue weighted by atomic mass is 9.72. The Balaban J connectivity index is 0.00000151. The van der Waals surface area contributed by atoms with E-state index in [0.717, 1.165) is 0 Å². The third-order valence-electron chi connectivity index (χ3n) is 4.72. The van der Waals surface area contributed by atoms with E-state index < -0.39 is 31.8 Å². The number of amides is 1. The van der Waals surface area contributed by atoms with E-state index in [-0.39, 0.29) is 29.6 Å². The molecule has 0 saturated heterocycles. The van der Waals surface area contributed by atoms with Gasteiger partial charge in [-0.2, -0.15) is 0 Å². The van der Waals surface area contributed by atoms with E-state index in [1.165, 1.54) is 12.5 Å². The minimum absolute atomic E-state index is 0.121. The molecule has 1 aromatic rings. The fourth-order valence-corrected chi connectivity index (χ4v) is 2.98. The standard InChI is InChI=1S/C19H26BNO7.C3H8/c1-4-12(5-2)18(23)26-11-27-19(24)14-9-7-8-13-10-15(21-16(22)6-3)20(25)28-17(13)14;1-3-2/h7-9,12,15,25H,4-6,10-11H2,1-3H3,(H,21,22);3H2,1-2H3. The SMILES string of the molecule is CCC.CCC(=O)NC1Cc2cccc(C(=O)OCOC(=O)C(CC)CC)c2OB1O. The first-order valence-electron chi connectivity index (χ1n) is 10.9. The normalized spacial score (nSPS) is 14.5. The number of carbonyl (C=O) groups excluding carboxylic acids is 3. The summed E-state index contributed by atoms with van der Waals surface area (Å²) in [6, 6.07) is 4.91. The molecule has 1 atom stereocenters. The highest BCUT2D eigenvalue weighted by Gasteiger charge is 2.37. The Kier molecular flexibility index (Phi) is 11.7. The number of para-hydroxylation sites is 1. The Morgan fingerprint density at radius 2 is 1.81 bits per heavy atom. The Morgan fingerprint density at radius 3 is 2.39 bits per heavy atom. The van der Waals surface area contributed by atoms with Crippen molar-refractivity contribution in [3.8, 4) is 5.75 Å². The molecule has 1 aromatic carbocycles. The third-order valence-corrected chi connectivity index (χ3v) is 4.72. The van der Waals surface area contributed by atoms with Crippen LogP contribution in [0.4, 0.5) is 0 Å². The third kappa shape index (κ3) is 7.90. The van der Waals surface area contributed by atoms with E-state index in [4.69, 9.17) is 14.1 Å². The first-order valence-corrected chi connectivity index (χ1v) is 10.9. The predicted octanol–water partition coefficient (Wildman–Crippen LogP) is 3.05. The highest BCUT2D eigenvalue weighted by molar-refractivity contribution is 6.47. The van der Waals surface area contributed by atoms with Crippen molar-refractivity contribution in [1.29, 1.82) is 0 Å². The molecule has 2 rings (SSSR count). The second-order valence-electron chi connectivity index (χ2n) is 7.27. The van der Waals surface area contributed by atoms with Crippen LogP contribution in [0.2, 0.25) is 0 Å². The number of hydrogen-bond acceptors (Lipinski definition) is 7. The van der Waals surface area contributed by atoms with Gasteiger partial charge < -0.3 is 24.5 Å². The van der Waals surface area contributed by atoms with Gasteiger partial charge >= 0.3 is 19.1 Å². The minimum atomic E-state index is -1.29. The van der Waals surface area contributed by atoms with Gasteiger partial charge in [-0.05, 0) is 30.9 Å². The van der Waals surface area contributed by atoms with Gasteiger partial charge in [-0.1, -0.05) is 53.2 Å². The van der Waals surface area contributed by atoms with Crippen LogP contribution in [0.3, 0.4) is 0 Å². The fourth-order valence-electron chi connectivity index (χ4n) is 2.98. The van der Waals surface area contributed by atoms with Gasteiger partial charge in [-0.3, -0.25) is 9.59 Å². The Bertz CT molecular complexity index is 737. The molecule has 0 bridgehead atoms. The van der Waals surface area contributed by atoms with Crippen LogP contribution in [0.25, 0.3) is 0 Å². The first-order chi connectivity index (χ1) is 14.8. The molecular weight excluding hydrogens is 401 g/mol. The largest absolute Gasteiger partial charge is 0.547 e. The van der Waals surface area contributed by atoms with Gasteiger partial charge in [-0.25, -0.2) is 4.79 Å². The number of rotatable bonds is 8. The lowest BCUT2D eigenvalue weighted by molar-refractivity contribution is -0.157. The summed E-state index contributed by atoms with van der Waals surface area (Å²) < 4.78 is 15.5. The molecule has 0 fully saturated rings. The van der Waals surface area contributed by atoms with E-state index in [1.807, 2.05) is 13.8 Å². The Hall–Kier alpha value is -2.55. The number of hydrogen-bond donors (Lipinski definition) is 2. The molecule has 0 spiro atoms. The molecule has 1 aliphatic heterocycles. The summed E-state index contributed by atoms with van der Waals surface area (Å²) >= 11 is 0. The molecule has 1 amide bonds. The number of nitrogens with one attached hydrogen (secondary N) is 1. The summed E-state index contributed by atoms with van der Waals surface area (Å²) in [6.45, 7) is 9.24. The lowest BCUT2D eigenvalue weighted by Gasteiger charge is -2.29. The van der Waals surface area contributed by atoms with Gasteiger partial charge in [0.15, 0.2) is 0 Å². The number of ether oxygens (including phenoxy) is 2. The van der Waals surface area contributed by atoms with Crippen LogP contribution in [0.5, 0.6) is 5.75 Å². The average Bonchev–Trinajstić information content (AvgIpc) is 2.75. The van der Waals surface area contributed by atoms with Crippen LogP contribution >= 0.6 is 0 Å². The number of fused-ring (bicyclic) bond motifs is 1. The molecule has 0 aliphatic carbocycles. The lowest BCUT2D eigenvalue weighted by Crippen LogP contribution is -2.53. The highest BCUT2D eigenvalue weighted by atomic mass is 16.7. The first kappa shape index (κ1) is 26.5. The zero-order valence-corrected chi connectivity index (χ0v) is 19.1. The maximum absolute atomic E-state index is 12.4. The molecule has 2 N–H and O–H groups in total. The quantitative estimate of drug-likeness (QED) is 0.367. The molecule has 0 radical (unpaired) electrons. The van der Waals surface area contributed by atoms with Crippen molar-refractivity contribution in [1.82, 2.24) is 5.32 Å². The zero-order chi connectivity index (χ0) is 23.4. The van der Waals surface area contributed by atoms with Crippen molar-refractivity contribution in [2.24, 2.45) is 5.92 Å². The van der Waals surface area contributed by atoms with E-state index in [0.29, 0.717) is 24.8 Å². The van der Waals surface area contributed by atoms with Gasteiger partial charge in [0.2, 0.25) is 12.7 Å². The van der Waals surface area contributed by atoms with E-state index in [9.17, 15) is 19.4 Å². The van der Waals surface area contributed by atoms with Crippen LogP contribution in [0.1, 0.15) is 76.2 Å². The molecule has 172 valence electrons. The van der Waals surface area contributed by atoms with Gasteiger partial charge in [0.05, 0.1) is 11.9 Å². The number of carbonyl (C=O) groups is 3. The Morgan fingerprint density at radius 1 is 1.16 bits per heavy atom. The smallest absolute Gasteiger partial charge is 0.534 e. The fraction of sp³-hybridized carbons (Fsp3) is 0.591. The molecule has 1 aliphatic rings. The Labute approximate surface area is 184 Å². The van der Waals surface area contributed by atoms with Crippen LogP contribution in [0.15, 0.2) is 18.2 Å². The van der Waals surface area contributed by atoms with Crippen molar-refractivity contribution >= 4 is 25.0 Å². The summed E-state index contributed by atoms with van der Waals surface area (Å²) in [5, 5.41) is 12.9.